The highest BCUT2D eigenvalue weighted by Gasteiger charge is 2.41. The Morgan fingerprint density at radius 2 is 1.64 bits per heavy atom. The lowest BCUT2D eigenvalue weighted by Gasteiger charge is -2.48. The molecule has 2 saturated heterocycles. The number of likely N-dealkylation sites (tertiary alicyclic amines) is 1. The molecule has 0 unspecified atom stereocenters. The highest BCUT2D eigenvalue weighted by molar-refractivity contribution is 5.82. The number of hydrogen-bond acceptors (Lipinski definition) is 3. The molecule has 0 spiro atoms. The molecule has 1 N–H and O–H groups in total. The van der Waals surface area contributed by atoms with Gasteiger partial charge in [0.15, 0.2) is 0 Å². The lowest BCUT2D eigenvalue weighted by Crippen LogP contribution is -2.60. The Morgan fingerprint density at radius 1 is 1.00 bits per heavy atom. The minimum Gasteiger partial charge on any atom is -0.381 e. The summed E-state index contributed by atoms with van der Waals surface area (Å²) < 4.78 is 5.60. The van der Waals surface area contributed by atoms with Crippen molar-refractivity contribution in [3.63, 3.8) is 0 Å². The molecular formula is C18H32N2O2. The number of carbonyl (C=O) groups excluding carboxylic acids is 1. The van der Waals surface area contributed by atoms with Crippen molar-refractivity contribution in [2.75, 3.05) is 32.8 Å². The van der Waals surface area contributed by atoms with E-state index in [0.717, 1.165) is 45.4 Å². The number of piperidine rings is 1. The number of ether oxygens (including phenoxy) is 1. The van der Waals surface area contributed by atoms with E-state index in [1.165, 1.54) is 45.2 Å². The molecular weight excluding hydrogens is 276 g/mol. The molecule has 3 rings (SSSR count). The zero-order chi connectivity index (χ0) is 15.5. The average molecular weight is 308 g/mol. The van der Waals surface area contributed by atoms with Crippen LogP contribution in [0.3, 0.4) is 0 Å². The quantitative estimate of drug-likeness (QED) is 0.868. The molecule has 22 heavy (non-hydrogen) atoms. The van der Waals surface area contributed by atoms with E-state index in [1.807, 2.05) is 0 Å². The van der Waals surface area contributed by atoms with Gasteiger partial charge in [0.2, 0.25) is 5.91 Å². The molecule has 2 heterocycles. The van der Waals surface area contributed by atoms with Crippen LogP contribution >= 0.6 is 0 Å². The Labute approximate surface area is 135 Å². The van der Waals surface area contributed by atoms with Crippen molar-refractivity contribution in [1.29, 1.82) is 0 Å². The van der Waals surface area contributed by atoms with Crippen molar-refractivity contribution >= 4 is 5.91 Å². The Morgan fingerprint density at radius 3 is 2.27 bits per heavy atom. The van der Waals surface area contributed by atoms with Crippen LogP contribution in [0.25, 0.3) is 0 Å². The maximum absolute atomic E-state index is 12.7. The van der Waals surface area contributed by atoms with E-state index in [1.54, 1.807) is 0 Å². The first-order valence-corrected chi connectivity index (χ1v) is 9.26. The SMILES string of the molecule is CC1(C(=O)NCC2(N3CCCCC3)CCOCC2)CCCC1. The highest BCUT2D eigenvalue weighted by Crippen LogP contribution is 2.38. The molecule has 1 amide bonds. The van der Waals surface area contributed by atoms with Crippen molar-refractivity contribution in [2.24, 2.45) is 5.41 Å². The Hall–Kier alpha value is -0.610. The van der Waals surface area contributed by atoms with E-state index < -0.39 is 0 Å². The number of amides is 1. The van der Waals surface area contributed by atoms with Crippen molar-refractivity contribution in [3.8, 4) is 0 Å². The zero-order valence-electron chi connectivity index (χ0n) is 14.2. The van der Waals surface area contributed by atoms with Gasteiger partial charge in [0.1, 0.15) is 0 Å². The van der Waals surface area contributed by atoms with Gasteiger partial charge in [0, 0.05) is 30.7 Å². The molecule has 4 nitrogen and oxygen atoms in total. The van der Waals surface area contributed by atoms with Crippen molar-refractivity contribution < 1.29 is 9.53 Å². The van der Waals surface area contributed by atoms with Gasteiger partial charge in [0.25, 0.3) is 0 Å². The van der Waals surface area contributed by atoms with Crippen molar-refractivity contribution in [2.45, 2.75) is 70.3 Å². The molecule has 1 aliphatic carbocycles. The predicted octanol–water partition coefficient (Wildman–Crippen LogP) is 2.72. The standard InChI is InChI=1S/C18H32N2O2/c1-17(7-3-4-8-17)16(21)19-15-18(9-13-22-14-10-18)20-11-5-2-6-12-20/h2-15H2,1H3,(H,19,21). The summed E-state index contributed by atoms with van der Waals surface area (Å²) in [7, 11) is 0. The highest BCUT2D eigenvalue weighted by atomic mass is 16.5. The summed E-state index contributed by atoms with van der Waals surface area (Å²) in [5.41, 5.74) is 0.0253. The topological polar surface area (TPSA) is 41.6 Å². The van der Waals surface area contributed by atoms with E-state index in [2.05, 4.69) is 17.1 Å². The van der Waals surface area contributed by atoms with Crippen molar-refractivity contribution in [3.05, 3.63) is 0 Å². The van der Waals surface area contributed by atoms with Crippen molar-refractivity contribution in [1.82, 2.24) is 10.2 Å². The van der Waals surface area contributed by atoms with Crippen LogP contribution in [0.15, 0.2) is 0 Å². The summed E-state index contributed by atoms with van der Waals surface area (Å²) in [5, 5.41) is 3.34. The lowest BCUT2D eigenvalue weighted by atomic mass is 9.84. The normalized spacial score (nSPS) is 28.4. The van der Waals surface area contributed by atoms with E-state index in [9.17, 15) is 4.79 Å². The van der Waals surface area contributed by atoms with Crippen LogP contribution in [0, 0.1) is 5.41 Å². The zero-order valence-corrected chi connectivity index (χ0v) is 14.2. The van der Waals surface area contributed by atoms with E-state index in [4.69, 9.17) is 4.74 Å². The molecule has 3 aliphatic rings. The van der Waals surface area contributed by atoms with Crippen LogP contribution in [-0.2, 0) is 9.53 Å². The summed E-state index contributed by atoms with van der Waals surface area (Å²) in [5.74, 6) is 0.285. The number of carbonyl (C=O) groups is 1. The number of hydrogen-bond donors (Lipinski definition) is 1. The van der Waals surface area contributed by atoms with E-state index in [0.29, 0.717) is 0 Å². The fraction of sp³-hybridized carbons (Fsp3) is 0.944. The van der Waals surface area contributed by atoms with Gasteiger partial charge in [-0.1, -0.05) is 26.2 Å². The number of nitrogens with one attached hydrogen (secondary N) is 1. The van der Waals surface area contributed by atoms with Gasteiger partial charge in [-0.2, -0.15) is 0 Å². The monoisotopic (exact) mass is 308 g/mol. The number of rotatable bonds is 4. The third-order valence-corrected chi connectivity index (χ3v) is 6.28. The molecule has 2 aliphatic heterocycles. The minimum absolute atomic E-state index is 0.117. The molecule has 3 fully saturated rings. The summed E-state index contributed by atoms with van der Waals surface area (Å²) in [6.07, 6.45) is 10.6. The average Bonchev–Trinajstić information content (AvgIpc) is 3.02. The minimum atomic E-state index is -0.117. The second-order valence-electron chi connectivity index (χ2n) is 7.83. The van der Waals surface area contributed by atoms with Crippen LogP contribution < -0.4 is 5.32 Å². The van der Waals surface area contributed by atoms with Gasteiger partial charge in [-0.25, -0.2) is 0 Å². The summed E-state index contributed by atoms with van der Waals surface area (Å²) >= 11 is 0. The van der Waals surface area contributed by atoms with Gasteiger partial charge in [-0.15, -0.1) is 0 Å². The van der Waals surface area contributed by atoms with Gasteiger partial charge in [-0.3, -0.25) is 9.69 Å². The summed E-state index contributed by atoms with van der Waals surface area (Å²) in [4.78, 5) is 15.3. The van der Waals surface area contributed by atoms with Crippen LogP contribution in [0.5, 0.6) is 0 Å². The van der Waals surface area contributed by atoms with Crippen LogP contribution in [-0.4, -0.2) is 49.2 Å². The Balaban J connectivity index is 1.63. The first kappa shape index (κ1) is 16.3. The molecule has 1 saturated carbocycles. The van der Waals surface area contributed by atoms with Gasteiger partial charge in [0.05, 0.1) is 0 Å². The first-order valence-electron chi connectivity index (χ1n) is 9.26. The lowest BCUT2D eigenvalue weighted by molar-refractivity contribution is -0.131. The third-order valence-electron chi connectivity index (χ3n) is 6.28. The molecule has 0 aromatic rings. The maximum atomic E-state index is 12.7. The molecule has 126 valence electrons. The largest absolute Gasteiger partial charge is 0.381 e. The fourth-order valence-corrected chi connectivity index (χ4v) is 4.57. The van der Waals surface area contributed by atoms with Gasteiger partial charge in [-0.05, 0) is 51.6 Å². The molecule has 0 radical (unpaired) electrons. The molecule has 0 bridgehead atoms. The predicted molar refractivity (Wildman–Crippen MR) is 87.8 cm³/mol. The van der Waals surface area contributed by atoms with Crippen LogP contribution in [0.2, 0.25) is 0 Å². The fourth-order valence-electron chi connectivity index (χ4n) is 4.57. The van der Waals surface area contributed by atoms with Crippen LogP contribution in [0.1, 0.15) is 64.7 Å². The first-order chi connectivity index (χ1) is 10.6. The van der Waals surface area contributed by atoms with Gasteiger partial charge < -0.3 is 10.1 Å². The second kappa shape index (κ2) is 6.88. The smallest absolute Gasteiger partial charge is 0.226 e. The van der Waals surface area contributed by atoms with Crippen LogP contribution in [0.4, 0.5) is 0 Å². The van der Waals surface area contributed by atoms with Gasteiger partial charge >= 0.3 is 0 Å². The second-order valence-corrected chi connectivity index (χ2v) is 7.83. The molecule has 0 aromatic heterocycles. The third kappa shape index (κ3) is 3.33. The van der Waals surface area contributed by atoms with E-state index >= 15 is 0 Å². The summed E-state index contributed by atoms with van der Waals surface area (Å²) in [6, 6.07) is 0. The molecule has 0 atom stereocenters. The molecule has 4 heteroatoms. The van der Waals surface area contributed by atoms with E-state index in [-0.39, 0.29) is 16.9 Å². The Bertz CT molecular complexity index is 379. The number of nitrogens with zero attached hydrogens (tertiary/aromatic N) is 1. The Kier molecular flexibility index (Phi) is 5.08. The molecule has 0 aromatic carbocycles. The maximum Gasteiger partial charge on any atom is 0.226 e. The summed E-state index contributed by atoms with van der Waals surface area (Å²) in [6.45, 7) is 7.01.